The molecule has 0 saturated heterocycles. The van der Waals surface area contributed by atoms with Gasteiger partial charge in [0.15, 0.2) is 0 Å². The van der Waals surface area contributed by atoms with Gasteiger partial charge in [0.05, 0.1) is 9.82 Å². The van der Waals surface area contributed by atoms with Crippen molar-refractivity contribution in [2.75, 3.05) is 17.8 Å². The lowest BCUT2D eigenvalue weighted by molar-refractivity contribution is -0.385. The second kappa shape index (κ2) is 8.39. The summed E-state index contributed by atoms with van der Waals surface area (Å²) in [7, 11) is -4.03. The third-order valence-electron chi connectivity index (χ3n) is 4.54. The number of sulfonamides is 1. The highest BCUT2D eigenvalue weighted by Crippen LogP contribution is 2.27. The standard InChI is InChI=1S/C19H23N3O5S/c1-5-21(6-2)19(23)15-7-9-16(10-8-15)20-28(26,27)18-12-17(22(24)25)11-13(3)14(18)4/h7-12,20H,5-6H2,1-4H3. The Labute approximate surface area is 164 Å². The SMILES string of the molecule is CCN(CC)C(=O)c1ccc(NS(=O)(=O)c2cc([N+](=O)[O-])cc(C)c2C)cc1. The average Bonchev–Trinajstić information content (AvgIpc) is 2.64. The summed E-state index contributed by atoms with van der Waals surface area (Å²) in [4.78, 5) is 24.3. The van der Waals surface area contributed by atoms with Crippen molar-refractivity contribution in [3.05, 3.63) is 63.2 Å². The molecule has 150 valence electrons. The van der Waals surface area contributed by atoms with Crippen molar-refractivity contribution >= 4 is 27.3 Å². The van der Waals surface area contributed by atoms with Crippen LogP contribution in [0.25, 0.3) is 0 Å². The van der Waals surface area contributed by atoms with E-state index >= 15 is 0 Å². The largest absolute Gasteiger partial charge is 0.339 e. The van der Waals surface area contributed by atoms with Crippen LogP contribution in [0.15, 0.2) is 41.3 Å². The molecule has 0 aliphatic heterocycles. The molecular weight excluding hydrogens is 382 g/mol. The number of nitrogens with zero attached hydrogens (tertiary/aromatic N) is 2. The number of hydrogen-bond acceptors (Lipinski definition) is 5. The van der Waals surface area contributed by atoms with Crippen molar-refractivity contribution in [1.29, 1.82) is 0 Å². The van der Waals surface area contributed by atoms with Crippen LogP contribution in [0.3, 0.4) is 0 Å². The van der Waals surface area contributed by atoms with Crippen molar-refractivity contribution < 1.29 is 18.1 Å². The minimum absolute atomic E-state index is 0.135. The smallest absolute Gasteiger partial charge is 0.271 e. The number of benzene rings is 2. The zero-order valence-electron chi connectivity index (χ0n) is 16.2. The normalized spacial score (nSPS) is 11.1. The van der Waals surface area contributed by atoms with Gasteiger partial charge in [-0.2, -0.15) is 0 Å². The van der Waals surface area contributed by atoms with Gasteiger partial charge in [0, 0.05) is 36.5 Å². The van der Waals surface area contributed by atoms with Gasteiger partial charge < -0.3 is 4.90 Å². The van der Waals surface area contributed by atoms with Gasteiger partial charge in [-0.15, -0.1) is 0 Å². The van der Waals surface area contributed by atoms with E-state index in [4.69, 9.17) is 0 Å². The molecule has 0 aromatic heterocycles. The van der Waals surface area contributed by atoms with Crippen molar-refractivity contribution in [2.24, 2.45) is 0 Å². The van der Waals surface area contributed by atoms with Crippen LogP contribution in [0.4, 0.5) is 11.4 Å². The zero-order valence-corrected chi connectivity index (χ0v) is 17.0. The second-order valence-corrected chi connectivity index (χ2v) is 7.95. The number of nitro groups is 1. The Bertz CT molecular complexity index is 997. The topological polar surface area (TPSA) is 110 Å². The van der Waals surface area contributed by atoms with Gasteiger partial charge in [0.25, 0.3) is 21.6 Å². The Morgan fingerprint density at radius 3 is 2.18 bits per heavy atom. The predicted octanol–water partition coefficient (Wildman–Crippen LogP) is 3.49. The summed E-state index contributed by atoms with van der Waals surface area (Å²) >= 11 is 0. The van der Waals surface area contributed by atoms with Gasteiger partial charge in [0.1, 0.15) is 0 Å². The Morgan fingerprint density at radius 2 is 1.68 bits per heavy atom. The second-order valence-electron chi connectivity index (χ2n) is 6.30. The molecule has 1 N–H and O–H groups in total. The maximum Gasteiger partial charge on any atom is 0.271 e. The minimum Gasteiger partial charge on any atom is -0.339 e. The first kappa shape index (κ1) is 21.4. The first-order chi connectivity index (χ1) is 13.1. The van der Waals surface area contributed by atoms with E-state index in [-0.39, 0.29) is 22.2 Å². The molecule has 0 heterocycles. The molecule has 0 aliphatic carbocycles. The summed E-state index contributed by atoms with van der Waals surface area (Å²) in [5.74, 6) is -0.135. The highest BCUT2D eigenvalue weighted by Gasteiger charge is 2.23. The summed E-state index contributed by atoms with van der Waals surface area (Å²) in [6.07, 6.45) is 0. The molecule has 0 saturated carbocycles. The molecule has 2 aromatic carbocycles. The van der Waals surface area contributed by atoms with E-state index in [9.17, 15) is 23.3 Å². The molecule has 0 spiro atoms. The van der Waals surface area contributed by atoms with E-state index in [1.807, 2.05) is 13.8 Å². The zero-order chi connectivity index (χ0) is 21.1. The summed E-state index contributed by atoms with van der Waals surface area (Å²) in [6.45, 7) is 8.14. The highest BCUT2D eigenvalue weighted by molar-refractivity contribution is 7.92. The number of nitro benzene ring substituents is 1. The van der Waals surface area contributed by atoms with E-state index in [0.717, 1.165) is 6.07 Å². The number of carbonyl (C=O) groups is 1. The Morgan fingerprint density at radius 1 is 1.11 bits per heavy atom. The molecule has 0 bridgehead atoms. The van der Waals surface area contributed by atoms with Crippen molar-refractivity contribution in [3.63, 3.8) is 0 Å². The molecule has 0 fully saturated rings. The van der Waals surface area contributed by atoms with Crippen LogP contribution in [-0.4, -0.2) is 37.2 Å². The van der Waals surface area contributed by atoms with Gasteiger partial charge in [-0.1, -0.05) is 0 Å². The van der Waals surface area contributed by atoms with Crippen molar-refractivity contribution in [2.45, 2.75) is 32.6 Å². The van der Waals surface area contributed by atoms with E-state index in [2.05, 4.69) is 4.72 Å². The summed E-state index contributed by atoms with van der Waals surface area (Å²) in [6, 6.07) is 8.46. The third kappa shape index (κ3) is 4.48. The fourth-order valence-corrected chi connectivity index (χ4v) is 4.17. The van der Waals surface area contributed by atoms with Gasteiger partial charge in [-0.25, -0.2) is 8.42 Å². The predicted molar refractivity (Wildman–Crippen MR) is 107 cm³/mol. The maximum atomic E-state index is 12.8. The fraction of sp³-hybridized carbons (Fsp3) is 0.316. The van der Waals surface area contributed by atoms with E-state index in [1.54, 1.807) is 30.9 Å². The quantitative estimate of drug-likeness (QED) is 0.560. The van der Waals surface area contributed by atoms with Gasteiger partial charge in [-0.3, -0.25) is 19.6 Å². The number of amides is 1. The maximum absolute atomic E-state index is 12.8. The molecule has 0 radical (unpaired) electrons. The summed E-state index contributed by atoms with van der Waals surface area (Å²) in [5, 5.41) is 11.1. The number of hydrogen-bond donors (Lipinski definition) is 1. The number of anilines is 1. The lowest BCUT2D eigenvalue weighted by Crippen LogP contribution is -2.30. The lowest BCUT2D eigenvalue weighted by Gasteiger charge is -2.18. The monoisotopic (exact) mass is 405 g/mol. The number of carbonyl (C=O) groups excluding carboxylic acids is 1. The molecule has 2 aromatic rings. The van der Waals surface area contributed by atoms with Crippen LogP contribution >= 0.6 is 0 Å². The van der Waals surface area contributed by atoms with Crippen molar-refractivity contribution in [1.82, 2.24) is 4.90 Å². The number of nitrogens with one attached hydrogen (secondary N) is 1. The highest BCUT2D eigenvalue weighted by atomic mass is 32.2. The van der Waals surface area contributed by atoms with Crippen molar-refractivity contribution in [3.8, 4) is 0 Å². The summed E-state index contributed by atoms with van der Waals surface area (Å²) in [5.41, 5.74) is 1.37. The van der Waals surface area contributed by atoms with Crippen LogP contribution in [0.2, 0.25) is 0 Å². The molecule has 2 rings (SSSR count). The molecule has 9 heteroatoms. The minimum atomic E-state index is -4.03. The van der Waals surface area contributed by atoms with Crippen LogP contribution in [0, 0.1) is 24.0 Å². The van der Waals surface area contributed by atoms with E-state index in [0.29, 0.717) is 29.8 Å². The Balaban J connectivity index is 2.33. The van der Waals surface area contributed by atoms with Crippen LogP contribution < -0.4 is 4.72 Å². The van der Waals surface area contributed by atoms with E-state index in [1.165, 1.54) is 18.2 Å². The molecule has 0 unspecified atom stereocenters. The summed E-state index contributed by atoms with van der Waals surface area (Å²) < 4.78 is 27.9. The molecule has 1 amide bonds. The van der Waals surface area contributed by atoms with Crippen LogP contribution in [-0.2, 0) is 10.0 Å². The average molecular weight is 405 g/mol. The Hall–Kier alpha value is -2.94. The first-order valence-corrected chi connectivity index (χ1v) is 10.3. The van der Waals surface area contributed by atoms with Gasteiger partial charge in [-0.05, 0) is 63.1 Å². The molecule has 0 aliphatic rings. The molecular formula is C19H23N3O5S. The van der Waals surface area contributed by atoms with Gasteiger partial charge in [0.2, 0.25) is 0 Å². The molecule has 28 heavy (non-hydrogen) atoms. The van der Waals surface area contributed by atoms with Gasteiger partial charge >= 0.3 is 0 Å². The fourth-order valence-electron chi connectivity index (χ4n) is 2.78. The molecule has 8 nitrogen and oxygen atoms in total. The third-order valence-corrected chi connectivity index (χ3v) is 6.05. The van der Waals surface area contributed by atoms with Crippen LogP contribution in [0.1, 0.15) is 35.3 Å². The lowest BCUT2D eigenvalue weighted by atomic mass is 10.1. The Kier molecular flexibility index (Phi) is 6.40. The number of non-ortho nitro benzene ring substituents is 1. The number of aryl methyl sites for hydroxylation is 1. The molecule has 0 atom stereocenters. The number of rotatable bonds is 7. The van der Waals surface area contributed by atoms with E-state index < -0.39 is 14.9 Å². The first-order valence-electron chi connectivity index (χ1n) is 8.78. The van der Waals surface area contributed by atoms with Crippen LogP contribution in [0.5, 0.6) is 0 Å².